The smallest absolute Gasteiger partial charge is 0.319 e. The van der Waals surface area contributed by atoms with Gasteiger partial charge in [-0.25, -0.2) is 4.98 Å². The van der Waals surface area contributed by atoms with Crippen molar-refractivity contribution >= 4 is 17.3 Å². The van der Waals surface area contributed by atoms with Crippen LogP contribution in [0.15, 0.2) is 5.38 Å². The van der Waals surface area contributed by atoms with Crippen molar-refractivity contribution in [1.82, 2.24) is 9.88 Å². The van der Waals surface area contributed by atoms with Crippen LogP contribution in [0, 0.1) is 6.92 Å². The molecule has 0 aliphatic rings. The van der Waals surface area contributed by atoms with Crippen LogP contribution in [-0.4, -0.2) is 35.5 Å². The molecule has 1 rings (SSSR count). The maximum absolute atomic E-state index is 11.2. The number of nitrogens with zero attached hydrogens (tertiary/aromatic N) is 2. The summed E-state index contributed by atoms with van der Waals surface area (Å²) in [4.78, 5) is 17.7. The van der Waals surface area contributed by atoms with Gasteiger partial charge in [0, 0.05) is 18.0 Å². The number of ether oxygens (including phenoxy) is 1. The largest absolute Gasteiger partial charge is 0.468 e. The van der Waals surface area contributed by atoms with Crippen molar-refractivity contribution in [3.8, 4) is 0 Å². The summed E-state index contributed by atoms with van der Waals surface area (Å²) in [7, 11) is 1.41. The SMILES string of the molecule is COC(=O)CN(Cc1csc(C)n1)C(C)C. The van der Waals surface area contributed by atoms with Crippen molar-refractivity contribution in [2.45, 2.75) is 33.4 Å². The predicted octanol–water partition coefficient (Wildman–Crippen LogP) is 1.83. The fourth-order valence-electron chi connectivity index (χ4n) is 1.34. The number of carbonyl (C=O) groups excluding carboxylic acids is 1. The van der Waals surface area contributed by atoms with E-state index >= 15 is 0 Å². The zero-order chi connectivity index (χ0) is 12.1. The minimum absolute atomic E-state index is 0.208. The molecule has 0 saturated heterocycles. The number of hydrogen-bond donors (Lipinski definition) is 0. The van der Waals surface area contributed by atoms with Gasteiger partial charge in [-0.3, -0.25) is 9.69 Å². The lowest BCUT2D eigenvalue weighted by Gasteiger charge is -2.24. The molecular weight excluding hydrogens is 224 g/mol. The standard InChI is InChI=1S/C11H18N2O2S/c1-8(2)13(6-11(14)15-4)5-10-7-16-9(3)12-10/h7-8H,5-6H2,1-4H3. The van der Waals surface area contributed by atoms with E-state index in [9.17, 15) is 4.79 Å². The van der Waals surface area contributed by atoms with E-state index in [-0.39, 0.29) is 5.97 Å². The average Bonchev–Trinajstić information content (AvgIpc) is 2.62. The first-order valence-electron chi connectivity index (χ1n) is 5.24. The van der Waals surface area contributed by atoms with Gasteiger partial charge in [0.1, 0.15) is 0 Å². The zero-order valence-corrected chi connectivity index (χ0v) is 11.0. The minimum Gasteiger partial charge on any atom is -0.468 e. The predicted molar refractivity (Wildman–Crippen MR) is 64.4 cm³/mol. The Morgan fingerprint density at radius 3 is 2.75 bits per heavy atom. The molecule has 0 aromatic carbocycles. The highest BCUT2D eigenvalue weighted by Gasteiger charge is 2.15. The number of esters is 1. The summed E-state index contributed by atoms with van der Waals surface area (Å²) in [6.45, 7) is 7.10. The van der Waals surface area contributed by atoms with Gasteiger partial charge in [-0.2, -0.15) is 0 Å². The Morgan fingerprint density at radius 1 is 1.62 bits per heavy atom. The van der Waals surface area contributed by atoms with Gasteiger partial charge in [-0.05, 0) is 20.8 Å². The summed E-state index contributed by atoms with van der Waals surface area (Å²) in [5.74, 6) is -0.208. The van der Waals surface area contributed by atoms with Gasteiger partial charge >= 0.3 is 5.97 Å². The van der Waals surface area contributed by atoms with Gasteiger partial charge in [0.25, 0.3) is 0 Å². The van der Waals surface area contributed by atoms with Crippen LogP contribution >= 0.6 is 11.3 Å². The van der Waals surface area contributed by atoms with Crippen LogP contribution in [0.2, 0.25) is 0 Å². The Bertz CT molecular complexity index is 350. The highest BCUT2D eigenvalue weighted by Crippen LogP contribution is 2.12. The Morgan fingerprint density at radius 2 is 2.31 bits per heavy atom. The third-order valence-electron chi connectivity index (χ3n) is 2.32. The first-order valence-corrected chi connectivity index (χ1v) is 6.12. The minimum atomic E-state index is -0.208. The van der Waals surface area contributed by atoms with Crippen LogP contribution < -0.4 is 0 Å². The van der Waals surface area contributed by atoms with Crippen molar-refractivity contribution in [3.63, 3.8) is 0 Å². The van der Waals surface area contributed by atoms with Crippen molar-refractivity contribution in [2.24, 2.45) is 0 Å². The second kappa shape index (κ2) is 5.96. The van der Waals surface area contributed by atoms with Gasteiger partial charge in [-0.1, -0.05) is 0 Å². The van der Waals surface area contributed by atoms with Crippen molar-refractivity contribution in [2.75, 3.05) is 13.7 Å². The van der Waals surface area contributed by atoms with Crippen molar-refractivity contribution in [3.05, 3.63) is 16.1 Å². The monoisotopic (exact) mass is 242 g/mol. The lowest BCUT2D eigenvalue weighted by atomic mass is 10.3. The first kappa shape index (κ1) is 13.1. The average molecular weight is 242 g/mol. The van der Waals surface area contributed by atoms with E-state index in [1.165, 1.54) is 7.11 Å². The van der Waals surface area contributed by atoms with E-state index in [0.29, 0.717) is 19.1 Å². The van der Waals surface area contributed by atoms with E-state index in [4.69, 9.17) is 0 Å². The molecule has 16 heavy (non-hydrogen) atoms. The Balaban J connectivity index is 2.61. The Labute approximate surface area is 100 Å². The molecule has 0 radical (unpaired) electrons. The topological polar surface area (TPSA) is 42.4 Å². The summed E-state index contributed by atoms with van der Waals surface area (Å²) >= 11 is 1.63. The molecule has 0 spiro atoms. The molecule has 1 aromatic rings. The molecular formula is C11H18N2O2S. The second-order valence-corrected chi connectivity index (χ2v) is 4.99. The molecule has 0 aliphatic carbocycles. The lowest BCUT2D eigenvalue weighted by molar-refractivity contribution is -0.142. The molecule has 4 nitrogen and oxygen atoms in total. The molecule has 0 amide bonds. The van der Waals surface area contributed by atoms with Gasteiger partial charge in [0.15, 0.2) is 0 Å². The third kappa shape index (κ3) is 3.90. The number of methoxy groups -OCH3 is 1. The van der Waals surface area contributed by atoms with Gasteiger partial charge in [0.2, 0.25) is 0 Å². The molecule has 1 aromatic heterocycles. The van der Waals surface area contributed by atoms with Crippen molar-refractivity contribution < 1.29 is 9.53 Å². The van der Waals surface area contributed by atoms with Crippen LogP contribution in [0.1, 0.15) is 24.5 Å². The fraction of sp³-hybridized carbons (Fsp3) is 0.636. The van der Waals surface area contributed by atoms with Gasteiger partial charge in [0.05, 0.1) is 24.4 Å². The molecule has 0 aliphatic heterocycles. The molecule has 5 heteroatoms. The van der Waals surface area contributed by atoms with Gasteiger partial charge in [-0.15, -0.1) is 11.3 Å². The normalized spacial score (nSPS) is 11.1. The Kier molecular flexibility index (Phi) is 4.89. The molecule has 0 fully saturated rings. The summed E-state index contributed by atoms with van der Waals surface area (Å²) in [5.41, 5.74) is 1.01. The van der Waals surface area contributed by atoms with Crippen LogP contribution in [0.25, 0.3) is 0 Å². The van der Waals surface area contributed by atoms with E-state index in [1.54, 1.807) is 11.3 Å². The number of carbonyl (C=O) groups is 1. The second-order valence-electron chi connectivity index (χ2n) is 3.93. The molecule has 1 heterocycles. The first-order chi connectivity index (χ1) is 7.52. The maximum Gasteiger partial charge on any atom is 0.319 e. The number of rotatable bonds is 5. The van der Waals surface area contributed by atoms with E-state index in [0.717, 1.165) is 10.7 Å². The Hall–Kier alpha value is -0.940. The fourth-order valence-corrected chi connectivity index (χ4v) is 1.94. The number of thiazole rings is 1. The van der Waals surface area contributed by atoms with Crippen LogP contribution in [0.5, 0.6) is 0 Å². The molecule has 0 atom stereocenters. The summed E-state index contributed by atoms with van der Waals surface area (Å²) in [6, 6.07) is 0.293. The number of aromatic nitrogens is 1. The van der Waals surface area contributed by atoms with Gasteiger partial charge < -0.3 is 4.74 Å². The third-order valence-corrected chi connectivity index (χ3v) is 3.14. The summed E-state index contributed by atoms with van der Waals surface area (Å²) < 4.78 is 4.68. The summed E-state index contributed by atoms with van der Waals surface area (Å²) in [5, 5.41) is 3.08. The van der Waals surface area contributed by atoms with E-state index in [1.807, 2.05) is 17.2 Å². The maximum atomic E-state index is 11.2. The quantitative estimate of drug-likeness (QED) is 0.739. The lowest BCUT2D eigenvalue weighted by Crippen LogP contribution is -2.35. The highest BCUT2D eigenvalue weighted by atomic mass is 32.1. The zero-order valence-electron chi connectivity index (χ0n) is 10.2. The number of hydrogen-bond acceptors (Lipinski definition) is 5. The molecule has 0 unspecified atom stereocenters. The van der Waals surface area contributed by atoms with Crippen LogP contribution in [0.4, 0.5) is 0 Å². The summed E-state index contributed by atoms with van der Waals surface area (Å²) in [6.07, 6.45) is 0. The van der Waals surface area contributed by atoms with E-state index < -0.39 is 0 Å². The molecule has 0 saturated carbocycles. The highest BCUT2D eigenvalue weighted by molar-refractivity contribution is 7.09. The molecule has 0 N–H and O–H groups in total. The molecule has 0 bridgehead atoms. The van der Waals surface area contributed by atoms with E-state index in [2.05, 4.69) is 23.6 Å². The van der Waals surface area contributed by atoms with Crippen LogP contribution in [0.3, 0.4) is 0 Å². The van der Waals surface area contributed by atoms with Crippen LogP contribution in [-0.2, 0) is 16.1 Å². The number of aryl methyl sites for hydroxylation is 1. The van der Waals surface area contributed by atoms with Crippen molar-refractivity contribution in [1.29, 1.82) is 0 Å². The molecule has 90 valence electrons.